The van der Waals surface area contributed by atoms with Crippen molar-refractivity contribution in [3.63, 3.8) is 0 Å². The Morgan fingerprint density at radius 2 is 1.64 bits per heavy atom. The average molecular weight is 324 g/mol. The molecule has 0 N–H and O–H groups in total. The first-order valence-corrected chi connectivity index (χ1v) is 10.9. The molecular formula is C17H29NO3Si. The van der Waals surface area contributed by atoms with Gasteiger partial charge in [-0.15, -0.1) is 0 Å². The molecule has 0 saturated heterocycles. The van der Waals surface area contributed by atoms with Gasteiger partial charge in [0.15, 0.2) is 8.32 Å². The number of benzene rings is 1. The molecule has 0 aliphatic heterocycles. The summed E-state index contributed by atoms with van der Waals surface area (Å²) in [5.41, 5.74) is 1.38. The van der Waals surface area contributed by atoms with Gasteiger partial charge in [0.2, 0.25) is 0 Å². The largest absolute Gasteiger partial charge is 0.469 e. The number of ether oxygens (including phenoxy) is 1. The number of hydrogen-bond acceptors (Lipinski definition) is 4. The molecule has 124 valence electrons. The van der Waals surface area contributed by atoms with E-state index in [2.05, 4.69) is 19.6 Å². The summed E-state index contributed by atoms with van der Waals surface area (Å²) in [6.07, 6.45) is -0.317. The van der Waals surface area contributed by atoms with Crippen molar-refractivity contribution in [3.05, 3.63) is 29.8 Å². The Morgan fingerprint density at radius 1 is 1.14 bits per heavy atom. The zero-order valence-corrected chi connectivity index (χ0v) is 16.1. The van der Waals surface area contributed by atoms with E-state index in [0.29, 0.717) is 0 Å². The predicted molar refractivity (Wildman–Crippen MR) is 93.7 cm³/mol. The minimum Gasteiger partial charge on any atom is -0.469 e. The summed E-state index contributed by atoms with van der Waals surface area (Å²) in [7, 11) is 3.60. The molecule has 0 heterocycles. The smallest absolute Gasteiger partial charge is 0.314 e. The summed E-state index contributed by atoms with van der Waals surface area (Å²) in [6.45, 7) is 10.1. The van der Waals surface area contributed by atoms with E-state index in [0.717, 1.165) is 11.3 Å². The third-order valence-corrected chi connectivity index (χ3v) is 4.49. The molecule has 0 spiro atoms. The van der Waals surface area contributed by atoms with Gasteiger partial charge in [0.1, 0.15) is 0 Å². The quantitative estimate of drug-likeness (QED) is 0.589. The second-order valence-electron chi connectivity index (χ2n) is 7.31. The van der Waals surface area contributed by atoms with Gasteiger partial charge in [-0.2, -0.15) is 0 Å². The number of hydrogen-bond donors (Lipinski definition) is 0. The van der Waals surface area contributed by atoms with Gasteiger partial charge in [-0.05, 0) is 51.2 Å². The van der Waals surface area contributed by atoms with E-state index in [1.807, 2.05) is 57.1 Å². The lowest BCUT2D eigenvalue weighted by Crippen LogP contribution is -2.39. The number of nitrogens with zero attached hydrogens (tertiary/aromatic N) is 1. The Hall–Kier alpha value is -1.33. The number of anilines is 1. The second kappa shape index (κ2) is 6.83. The molecule has 22 heavy (non-hydrogen) atoms. The van der Waals surface area contributed by atoms with Crippen LogP contribution < -0.4 is 4.90 Å². The molecule has 1 aromatic rings. The molecule has 0 aliphatic carbocycles. The molecule has 0 saturated carbocycles. The average Bonchev–Trinajstić information content (AvgIpc) is 2.42. The summed E-state index contributed by atoms with van der Waals surface area (Å²) in [5, 5.41) is 0. The fourth-order valence-corrected chi connectivity index (χ4v) is 3.44. The van der Waals surface area contributed by atoms with Crippen LogP contribution in [0.15, 0.2) is 24.3 Å². The van der Waals surface area contributed by atoms with Gasteiger partial charge in [0.05, 0.1) is 18.6 Å². The van der Waals surface area contributed by atoms with Crippen LogP contribution in [0.4, 0.5) is 5.69 Å². The van der Waals surface area contributed by atoms with Gasteiger partial charge in [-0.3, -0.25) is 4.79 Å². The summed E-state index contributed by atoms with van der Waals surface area (Å²) >= 11 is 0. The summed E-state index contributed by atoms with van der Waals surface area (Å²) in [4.78, 5) is 14.3. The predicted octanol–water partition coefficient (Wildman–Crippen LogP) is 3.84. The van der Waals surface area contributed by atoms with Crippen LogP contribution in [0.1, 0.15) is 25.5 Å². The van der Waals surface area contributed by atoms with Crippen LogP contribution in [0.25, 0.3) is 0 Å². The van der Waals surface area contributed by atoms with E-state index in [1.54, 1.807) is 0 Å². The summed E-state index contributed by atoms with van der Waals surface area (Å²) in [6, 6.07) is 8.15. The highest BCUT2D eigenvalue weighted by Crippen LogP contribution is 2.40. The van der Waals surface area contributed by atoms with Gasteiger partial charge in [0, 0.05) is 19.8 Å². The van der Waals surface area contributed by atoms with E-state index < -0.39 is 13.7 Å². The number of esters is 1. The van der Waals surface area contributed by atoms with E-state index >= 15 is 0 Å². The second-order valence-corrected chi connectivity index (χ2v) is 11.8. The summed E-state index contributed by atoms with van der Waals surface area (Å²) in [5.74, 6) is -0.257. The lowest BCUT2D eigenvalue weighted by Gasteiger charge is -2.36. The Bertz CT molecular complexity index is 504. The molecule has 1 atom stereocenters. The Morgan fingerprint density at radius 3 is 2.00 bits per heavy atom. The van der Waals surface area contributed by atoms with Gasteiger partial charge in [-0.25, -0.2) is 0 Å². The van der Waals surface area contributed by atoms with Crippen molar-refractivity contribution in [2.24, 2.45) is 5.41 Å². The van der Waals surface area contributed by atoms with Gasteiger partial charge < -0.3 is 14.1 Å². The van der Waals surface area contributed by atoms with Crippen LogP contribution >= 0.6 is 0 Å². The van der Waals surface area contributed by atoms with Crippen LogP contribution in [0.5, 0.6) is 0 Å². The molecule has 0 aromatic heterocycles. The van der Waals surface area contributed by atoms with E-state index in [1.165, 1.54) is 7.11 Å². The van der Waals surface area contributed by atoms with Crippen molar-refractivity contribution in [1.29, 1.82) is 0 Å². The van der Waals surface area contributed by atoms with E-state index in [-0.39, 0.29) is 12.1 Å². The zero-order valence-electron chi connectivity index (χ0n) is 15.1. The van der Waals surface area contributed by atoms with Crippen molar-refractivity contribution < 1.29 is 14.0 Å². The Kier molecular flexibility index (Phi) is 5.81. The lowest BCUT2D eigenvalue weighted by molar-refractivity contribution is -0.156. The van der Waals surface area contributed by atoms with E-state index in [9.17, 15) is 4.79 Å². The van der Waals surface area contributed by atoms with Gasteiger partial charge >= 0.3 is 5.97 Å². The van der Waals surface area contributed by atoms with Crippen molar-refractivity contribution >= 4 is 20.0 Å². The molecule has 0 fully saturated rings. The maximum Gasteiger partial charge on any atom is 0.314 e. The topological polar surface area (TPSA) is 38.8 Å². The Balaban J connectivity index is 3.23. The third kappa shape index (κ3) is 4.58. The zero-order chi connectivity index (χ0) is 17.1. The number of rotatable bonds is 6. The van der Waals surface area contributed by atoms with Crippen molar-refractivity contribution in [1.82, 2.24) is 0 Å². The molecule has 0 aliphatic rings. The maximum absolute atomic E-state index is 12.2. The molecule has 0 radical (unpaired) electrons. The first kappa shape index (κ1) is 18.7. The van der Waals surface area contributed by atoms with Crippen molar-refractivity contribution in [3.8, 4) is 0 Å². The molecule has 1 aromatic carbocycles. The fourth-order valence-electron chi connectivity index (χ4n) is 2.30. The fraction of sp³-hybridized carbons (Fsp3) is 0.588. The molecule has 0 bridgehead atoms. The lowest BCUT2D eigenvalue weighted by atomic mass is 9.82. The highest BCUT2D eigenvalue weighted by Gasteiger charge is 2.41. The van der Waals surface area contributed by atoms with Crippen LogP contribution in [0.2, 0.25) is 19.6 Å². The number of carbonyl (C=O) groups is 1. The number of methoxy groups -OCH3 is 1. The normalized spacial score (nSPS) is 13.6. The highest BCUT2D eigenvalue weighted by atomic mass is 28.4. The number of carbonyl (C=O) groups excluding carboxylic acids is 1. The first-order chi connectivity index (χ1) is 9.99. The summed E-state index contributed by atoms with van der Waals surface area (Å²) < 4.78 is 11.3. The van der Waals surface area contributed by atoms with Gasteiger partial charge in [-0.1, -0.05) is 12.1 Å². The molecule has 1 rings (SSSR count). The SMILES string of the molecule is COC(=O)C(C)(C)C(O[Si](C)(C)C)c1ccc(N(C)C)cc1. The van der Waals surface area contributed by atoms with Crippen LogP contribution in [-0.4, -0.2) is 35.5 Å². The monoisotopic (exact) mass is 323 g/mol. The molecule has 0 amide bonds. The first-order valence-electron chi connectivity index (χ1n) is 7.52. The van der Waals surface area contributed by atoms with Crippen molar-refractivity contribution in [2.75, 3.05) is 26.1 Å². The van der Waals surface area contributed by atoms with Gasteiger partial charge in [0.25, 0.3) is 0 Å². The van der Waals surface area contributed by atoms with Crippen LogP contribution in [0, 0.1) is 5.41 Å². The molecular weight excluding hydrogens is 294 g/mol. The Labute approximate surface area is 135 Å². The molecule has 4 nitrogen and oxygen atoms in total. The minimum absolute atomic E-state index is 0.257. The highest BCUT2D eigenvalue weighted by molar-refractivity contribution is 6.69. The molecule has 1 unspecified atom stereocenters. The standard InChI is InChI=1S/C17H29NO3Si/c1-17(2,16(19)20-5)15(21-22(6,7)8)13-9-11-14(12-10-13)18(3)4/h9-12,15H,1-8H3. The van der Waals surface area contributed by atoms with Crippen LogP contribution in [-0.2, 0) is 14.0 Å². The maximum atomic E-state index is 12.2. The molecule has 5 heteroatoms. The van der Waals surface area contributed by atoms with Crippen LogP contribution in [0.3, 0.4) is 0 Å². The third-order valence-electron chi connectivity index (χ3n) is 3.55. The van der Waals surface area contributed by atoms with E-state index in [4.69, 9.17) is 9.16 Å². The minimum atomic E-state index is -1.83. The van der Waals surface area contributed by atoms with Crippen molar-refractivity contribution in [2.45, 2.75) is 39.6 Å².